The zero-order valence-corrected chi connectivity index (χ0v) is 16.8. The van der Waals surface area contributed by atoms with Crippen molar-refractivity contribution in [2.24, 2.45) is 0 Å². The van der Waals surface area contributed by atoms with Crippen molar-refractivity contribution in [1.82, 2.24) is 15.5 Å². The third kappa shape index (κ3) is 5.19. The van der Waals surface area contributed by atoms with Crippen LogP contribution in [0.3, 0.4) is 0 Å². The average molecular weight is 400 g/mol. The minimum absolute atomic E-state index is 0.0262. The molecule has 1 aliphatic rings. The van der Waals surface area contributed by atoms with Crippen molar-refractivity contribution in [3.8, 4) is 0 Å². The molecule has 1 aliphatic heterocycles. The van der Waals surface area contributed by atoms with E-state index in [0.717, 1.165) is 18.5 Å². The van der Waals surface area contributed by atoms with Gasteiger partial charge in [0.25, 0.3) is 5.91 Å². The number of amides is 3. The molecule has 3 rings (SSSR count). The van der Waals surface area contributed by atoms with Crippen molar-refractivity contribution in [2.45, 2.75) is 39.3 Å². The number of carbonyl (C=O) groups is 3. The van der Waals surface area contributed by atoms with Gasteiger partial charge in [-0.25, -0.2) is 0 Å². The number of nitrogens with zero attached hydrogens (tertiary/aromatic N) is 1. The lowest BCUT2D eigenvalue weighted by Gasteiger charge is -2.27. The predicted octanol–water partition coefficient (Wildman–Crippen LogP) is 2.48. The molecule has 0 radical (unpaired) electrons. The Balaban J connectivity index is 1.40. The maximum absolute atomic E-state index is 12.4. The minimum atomic E-state index is -0.144. The van der Waals surface area contributed by atoms with Crippen LogP contribution in [0.15, 0.2) is 35.7 Å². The third-order valence-electron chi connectivity index (χ3n) is 4.77. The summed E-state index contributed by atoms with van der Waals surface area (Å²) in [5, 5.41) is 7.64. The molecule has 0 bridgehead atoms. The molecule has 2 aromatic rings. The predicted molar refractivity (Wildman–Crippen MR) is 109 cm³/mol. The van der Waals surface area contributed by atoms with Gasteiger partial charge in [0.05, 0.1) is 0 Å². The molecular weight excluding hydrogens is 374 g/mol. The summed E-state index contributed by atoms with van der Waals surface area (Å²) in [5.41, 5.74) is 2.73. The molecule has 2 heterocycles. The van der Waals surface area contributed by atoms with Crippen molar-refractivity contribution in [1.29, 1.82) is 0 Å². The number of fused-ring (bicyclic) bond motifs is 1. The Hall–Kier alpha value is -2.67. The topological polar surface area (TPSA) is 78.5 Å². The molecule has 0 atom stereocenters. The van der Waals surface area contributed by atoms with Gasteiger partial charge in [-0.1, -0.05) is 12.1 Å². The monoisotopic (exact) mass is 399 g/mol. The lowest BCUT2D eigenvalue weighted by molar-refractivity contribution is -0.134. The highest BCUT2D eigenvalue weighted by Crippen LogP contribution is 2.24. The quantitative estimate of drug-likeness (QED) is 0.751. The van der Waals surface area contributed by atoms with Crippen molar-refractivity contribution < 1.29 is 14.4 Å². The SMILES string of the molecule is CCNC(=O)c1ccc(CNC(=O)CCC(=O)N2CCc3sccc3C2)cc1. The molecule has 7 heteroatoms. The van der Waals surface area contributed by atoms with E-state index in [1.165, 1.54) is 10.4 Å². The summed E-state index contributed by atoms with van der Waals surface area (Å²) in [6, 6.07) is 9.20. The Bertz CT molecular complexity index is 845. The van der Waals surface area contributed by atoms with Crippen LogP contribution in [0.2, 0.25) is 0 Å². The smallest absolute Gasteiger partial charge is 0.251 e. The number of rotatable bonds is 7. The van der Waals surface area contributed by atoms with Crippen LogP contribution in [0, 0.1) is 0 Å². The van der Waals surface area contributed by atoms with Gasteiger partial charge in [0.1, 0.15) is 0 Å². The fraction of sp³-hybridized carbons (Fsp3) is 0.381. The molecule has 3 amide bonds. The first-order chi connectivity index (χ1) is 13.6. The van der Waals surface area contributed by atoms with Gasteiger partial charge in [-0.05, 0) is 48.1 Å². The Morgan fingerprint density at radius 3 is 2.61 bits per heavy atom. The van der Waals surface area contributed by atoms with Crippen molar-refractivity contribution >= 4 is 29.1 Å². The van der Waals surface area contributed by atoms with E-state index in [1.807, 2.05) is 24.0 Å². The molecule has 6 nitrogen and oxygen atoms in total. The normalized spacial score (nSPS) is 13.0. The van der Waals surface area contributed by atoms with Crippen LogP contribution >= 0.6 is 11.3 Å². The summed E-state index contributed by atoms with van der Waals surface area (Å²) >= 11 is 1.74. The molecule has 0 unspecified atom stereocenters. The highest BCUT2D eigenvalue weighted by molar-refractivity contribution is 7.10. The van der Waals surface area contributed by atoms with Gasteiger partial charge < -0.3 is 15.5 Å². The molecular formula is C21H25N3O3S. The van der Waals surface area contributed by atoms with Crippen molar-refractivity contribution in [3.05, 3.63) is 57.3 Å². The number of hydrogen-bond acceptors (Lipinski definition) is 4. The van der Waals surface area contributed by atoms with E-state index in [9.17, 15) is 14.4 Å². The maximum Gasteiger partial charge on any atom is 0.251 e. The van der Waals surface area contributed by atoms with Gasteiger partial charge in [0.2, 0.25) is 11.8 Å². The van der Waals surface area contributed by atoms with Gasteiger partial charge in [0, 0.05) is 49.5 Å². The number of nitrogens with one attached hydrogen (secondary N) is 2. The largest absolute Gasteiger partial charge is 0.352 e. The molecule has 148 valence electrons. The van der Waals surface area contributed by atoms with Gasteiger partial charge in [-0.15, -0.1) is 11.3 Å². The average Bonchev–Trinajstić information content (AvgIpc) is 3.19. The van der Waals surface area contributed by atoms with Gasteiger partial charge in [-0.3, -0.25) is 14.4 Å². The lowest BCUT2D eigenvalue weighted by atomic mass is 10.1. The van der Waals surface area contributed by atoms with E-state index in [-0.39, 0.29) is 30.6 Å². The van der Waals surface area contributed by atoms with E-state index in [1.54, 1.807) is 23.5 Å². The van der Waals surface area contributed by atoms with Crippen LogP contribution in [0.25, 0.3) is 0 Å². The van der Waals surface area contributed by atoms with E-state index in [4.69, 9.17) is 0 Å². The summed E-state index contributed by atoms with van der Waals surface area (Å²) in [4.78, 5) is 39.4. The number of benzene rings is 1. The van der Waals surface area contributed by atoms with E-state index < -0.39 is 0 Å². The number of thiophene rings is 1. The second-order valence-corrected chi connectivity index (χ2v) is 7.77. The van der Waals surface area contributed by atoms with Gasteiger partial charge in [0.15, 0.2) is 0 Å². The van der Waals surface area contributed by atoms with Crippen molar-refractivity contribution in [2.75, 3.05) is 13.1 Å². The zero-order chi connectivity index (χ0) is 19.9. The first kappa shape index (κ1) is 20.1. The van der Waals surface area contributed by atoms with Crippen LogP contribution in [-0.4, -0.2) is 35.7 Å². The van der Waals surface area contributed by atoms with E-state index >= 15 is 0 Å². The standard InChI is InChI=1S/C21H25N3O3S/c1-2-22-21(27)16-5-3-15(4-6-16)13-23-19(25)7-8-20(26)24-11-9-18-17(14-24)10-12-28-18/h3-6,10,12H,2,7-9,11,13-14H2,1H3,(H,22,27)(H,23,25). The van der Waals surface area contributed by atoms with Crippen LogP contribution < -0.4 is 10.6 Å². The molecule has 1 aromatic carbocycles. The minimum Gasteiger partial charge on any atom is -0.352 e. The van der Waals surface area contributed by atoms with Gasteiger partial charge in [-0.2, -0.15) is 0 Å². The van der Waals surface area contributed by atoms with E-state index in [0.29, 0.717) is 25.2 Å². The van der Waals surface area contributed by atoms with Gasteiger partial charge >= 0.3 is 0 Å². The molecule has 0 aliphatic carbocycles. The summed E-state index contributed by atoms with van der Waals surface area (Å²) in [6.07, 6.45) is 1.31. The molecule has 0 saturated carbocycles. The Kier molecular flexibility index (Phi) is 6.81. The molecule has 2 N–H and O–H groups in total. The van der Waals surface area contributed by atoms with Crippen molar-refractivity contribution in [3.63, 3.8) is 0 Å². The molecule has 28 heavy (non-hydrogen) atoms. The Labute approximate surface area is 168 Å². The molecule has 0 saturated heterocycles. The fourth-order valence-corrected chi connectivity index (χ4v) is 4.06. The summed E-state index contributed by atoms with van der Waals surface area (Å²) in [5.74, 6) is -0.225. The first-order valence-corrected chi connectivity index (χ1v) is 10.4. The lowest BCUT2D eigenvalue weighted by Crippen LogP contribution is -2.36. The summed E-state index contributed by atoms with van der Waals surface area (Å²) < 4.78 is 0. The number of carbonyl (C=O) groups excluding carboxylic acids is 3. The Morgan fingerprint density at radius 2 is 1.86 bits per heavy atom. The zero-order valence-electron chi connectivity index (χ0n) is 16.0. The van der Waals surface area contributed by atoms with Crippen LogP contribution in [0.4, 0.5) is 0 Å². The highest BCUT2D eigenvalue weighted by atomic mass is 32.1. The van der Waals surface area contributed by atoms with Crippen LogP contribution in [0.5, 0.6) is 0 Å². The highest BCUT2D eigenvalue weighted by Gasteiger charge is 2.21. The second-order valence-electron chi connectivity index (χ2n) is 6.77. The van der Waals surface area contributed by atoms with E-state index in [2.05, 4.69) is 22.1 Å². The number of hydrogen-bond donors (Lipinski definition) is 2. The van der Waals surface area contributed by atoms with Crippen LogP contribution in [0.1, 0.15) is 46.1 Å². The first-order valence-electron chi connectivity index (χ1n) is 9.53. The summed E-state index contributed by atoms with van der Waals surface area (Å²) in [7, 11) is 0. The van der Waals surface area contributed by atoms with Crippen LogP contribution in [-0.2, 0) is 29.1 Å². The second kappa shape index (κ2) is 9.50. The summed E-state index contributed by atoms with van der Waals surface area (Å²) in [6.45, 7) is 4.21. The Morgan fingerprint density at radius 1 is 1.07 bits per heavy atom. The fourth-order valence-electron chi connectivity index (χ4n) is 3.17. The maximum atomic E-state index is 12.4. The molecule has 0 fully saturated rings. The molecule has 1 aromatic heterocycles. The third-order valence-corrected chi connectivity index (χ3v) is 5.79. The molecule has 0 spiro atoms.